The fraction of sp³-hybridized carbons (Fsp3) is 0.600. The Morgan fingerprint density at radius 3 is 2.72 bits per heavy atom. The summed E-state index contributed by atoms with van der Waals surface area (Å²) < 4.78 is 0. The third-order valence-electron chi connectivity index (χ3n) is 5.11. The minimum Gasteiger partial charge on any atom is -0.356 e. The first-order valence-corrected chi connectivity index (χ1v) is 9.53. The zero-order chi connectivity index (χ0) is 18.1. The normalized spacial score (nSPS) is 20.1. The van der Waals surface area contributed by atoms with Gasteiger partial charge in [0.15, 0.2) is 0 Å². The van der Waals surface area contributed by atoms with Gasteiger partial charge in [-0.25, -0.2) is 0 Å². The van der Waals surface area contributed by atoms with Crippen molar-refractivity contribution < 1.29 is 14.5 Å². The van der Waals surface area contributed by atoms with Gasteiger partial charge in [-0.2, -0.15) is 0 Å². The van der Waals surface area contributed by atoms with Crippen LogP contribution in [-0.4, -0.2) is 44.0 Å². The van der Waals surface area contributed by atoms with E-state index < -0.39 is 0 Å². The molecule has 1 saturated heterocycles. The van der Waals surface area contributed by atoms with Crippen molar-refractivity contribution in [3.05, 3.63) is 35.4 Å². The van der Waals surface area contributed by atoms with Crippen LogP contribution < -0.4 is 15.5 Å². The molecule has 2 atom stereocenters. The highest BCUT2D eigenvalue weighted by Gasteiger charge is 2.20. The summed E-state index contributed by atoms with van der Waals surface area (Å²) in [6.45, 7) is 7.72. The molecule has 1 aliphatic rings. The third kappa shape index (κ3) is 6.50. The van der Waals surface area contributed by atoms with E-state index in [2.05, 4.69) is 17.6 Å². The quantitative estimate of drug-likeness (QED) is 0.617. The van der Waals surface area contributed by atoms with Crippen LogP contribution in [-0.2, 0) is 4.79 Å². The Morgan fingerprint density at radius 2 is 1.96 bits per heavy atom. The third-order valence-corrected chi connectivity index (χ3v) is 5.11. The molecule has 1 fully saturated rings. The fourth-order valence-corrected chi connectivity index (χ4v) is 3.47. The molecule has 3 N–H and O–H groups in total. The van der Waals surface area contributed by atoms with E-state index in [1.165, 1.54) is 25.8 Å². The number of hydrogen-bond donors (Lipinski definition) is 3. The highest BCUT2D eigenvalue weighted by Crippen LogP contribution is 2.06. The predicted molar refractivity (Wildman–Crippen MR) is 99.8 cm³/mol. The van der Waals surface area contributed by atoms with Gasteiger partial charge >= 0.3 is 0 Å². The van der Waals surface area contributed by atoms with Gasteiger partial charge in [-0.1, -0.05) is 18.2 Å². The van der Waals surface area contributed by atoms with Gasteiger partial charge in [0.1, 0.15) is 0 Å². The number of aryl methyl sites for hydroxylation is 1. The van der Waals surface area contributed by atoms with Crippen molar-refractivity contribution in [2.75, 3.05) is 26.2 Å². The Labute approximate surface area is 151 Å². The van der Waals surface area contributed by atoms with E-state index in [-0.39, 0.29) is 11.8 Å². The SMILES string of the molecule is Cc1ccccc1C(=O)NCCC(=O)NCCC[NH+]1CCCC[C@@H]1C. The van der Waals surface area contributed by atoms with Crippen molar-refractivity contribution in [2.24, 2.45) is 0 Å². The first-order valence-electron chi connectivity index (χ1n) is 9.53. The van der Waals surface area contributed by atoms with E-state index in [9.17, 15) is 9.59 Å². The molecule has 0 aliphatic carbocycles. The van der Waals surface area contributed by atoms with Gasteiger partial charge in [0.2, 0.25) is 5.91 Å². The van der Waals surface area contributed by atoms with Crippen LogP contribution in [0.4, 0.5) is 0 Å². The average Bonchev–Trinajstić information content (AvgIpc) is 2.60. The number of nitrogens with one attached hydrogen (secondary N) is 3. The van der Waals surface area contributed by atoms with Crippen LogP contribution in [0, 0.1) is 6.92 Å². The fourth-order valence-electron chi connectivity index (χ4n) is 3.47. The van der Waals surface area contributed by atoms with Crippen LogP contribution in [0.25, 0.3) is 0 Å². The molecule has 1 aliphatic heterocycles. The van der Waals surface area contributed by atoms with Gasteiger partial charge < -0.3 is 15.5 Å². The largest absolute Gasteiger partial charge is 0.356 e. The molecule has 5 heteroatoms. The number of quaternary nitrogens is 1. The van der Waals surface area contributed by atoms with Gasteiger partial charge in [-0.3, -0.25) is 9.59 Å². The van der Waals surface area contributed by atoms with Gasteiger partial charge in [0.25, 0.3) is 5.91 Å². The van der Waals surface area contributed by atoms with Gasteiger partial charge in [0.05, 0.1) is 19.1 Å². The molecular formula is C20H32N3O2+. The van der Waals surface area contributed by atoms with Crippen molar-refractivity contribution in [1.29, 1.82) is 0 Å². The molecular weight excluding hydrogens is 314 g/mol. The lowest BCUT2D eigenvalue weighted by Gasteiger charge is -2.30. The molecule has 2 amide bonds. The maximum Gasteiger partial charge on any atom is 0.251 e. The molecule has 0 aromatic heterocycles. The number of carbonyl (C=O) groups excluding carboxylic acids is 2. The second-order valence-corrected chi connectivity index (χ2v) is 7.08. The Morgan fingerprint density at radius 1 is 1.16 bits per heavy atom. The van der Waals surface area contributed by atoms with Crippen LogP contribution in [0.3, 0.4) is 0 Å². The van der Waals surface area contributed by atoms with Crippen LogP contribution in [0.15, 0.2) is 24.3 Å². The summed E-state index contributed by atoms with van der Waals surface area (Å²) in [5.41, 5.74) is 1.61. The topological polar surface area (TPSA) is 62.6 Å². The number of benzene rings is 1. The lowest BCUT2D eigenvalue weighted by Crippen LogP contribution is -3.16. The average molecular weight is 346 g/mol. The number of carbonyl (C=O) groups is 2. The molecule has 0 saturated carbocycles. The van der Waals surface area contributed by atoms with Crippen LogP contribution in [0.2, 0.25) is 0 Å². The Balaban J connectivity index is 1.56. The summed E-state index contributed by atoms with van der Waals surface area (Å²) in [7, 11) is 0. The smallest absolute Gasteiger partial charge is 0.251 e. The summed E-state index contributed by atoms with van der Waals surface area (Å²) in [6, 6.07) is 8.22. The number of amides is 2. The molecule has 0 spiro atoms. The highest BCUT2D eigenvalue weighted by atomic mass is 16.2. The number of likely N-dealkylation sites (tertiary alicyclic amines) is 1. The molecule has 0 radical (unpaired) electrons. The van der Waals surface area contributed by atoms with Crippen molar-refractivity contribution >= 4 is 11.8 Å². The summed E-state index contributed by atoms with van der Waals surface area (Å²) in [5, 5.41) is 5.77. The second-order valence-electron chi connectivity index (χ2n) is 7.08. The van der Waals surface area contributed by atoms with Crippen molar-refractivity contribution in [2.45, 2.75) is 52.0 Å². The molecule has 25 heavy (non-hydrogen) atoms. The standard InChI is InChI=1S/C20H31N3O2/c1-16-8-3-4-10-18(16)20(25)22-13-11-19(24)21-12-7-15-23-14-6-5-9-17(23)2/h3-4,8,10,17H,5-7,9,11-15H2,1-2H3,(H,21,24)(H,22,25)/p+1/t17-/m0/s1. The summed E-state index contributed by atoms with van der Waals surface area (Å²) in [4.78, 5) is 25.6. The monoisotopic (exact) mass is 346 g/mol. The first kappa shape index (κ1) is 19.4. The van der Waals surface area contributed by atoms with E-state index >= 15 is 0 Å². The van der Waals surface area contributed by atoms with Crippen LogP contribution in [0.5, 0.6) is 0 Å². The summed E-state index contributed by atoms with van der Waals surface area (Å²) >= 11 is 0. The number of hydrogen-bond acceptors (Lipinski definition) is 2. The minimum atomic E-state index is -0.117. The van der Waals surface area contributed by atoms with Crippen molar-refractivity contribution in [1.82, 2.24) is 10.6 Å². The van der Waals surface area contributed by atoms with E-state index in [1.54, 1.807) is 11.0 Å². The molecule has 5 nitrogen and oxygen atoms in total. The Kier molecular flexibility index (Phi) is 7.92. The Hall–Kier alpha value is -1.88. The van der Waals surface area contributed by atoms with Crippen molar-refractivity contribution in [3.8, 4) is 0 Å². The molecule has 1 aromatic rings. The molecule has 1 aromatic carbocycles. The van der Waals surface area contributed by atoms with E-state index in [1.807, 2.05) is 25.1 Å². The summed E-state index contributed by atoms with van der Waals surface area (Å²) in [5.74, 6) is -0.111. The summed E-state index contributed by atoms with van der Waals surface area (Å²) in [6.07, 6.45) is 5.34. The maximum absolute atomic E-state index is 12.1. The predicted octanol–water partition coefficient (Wildman–Crippen LogP) is 1.08. The van der Waals surface area contributed by atoms with E-state index in [0.29, 0.717) is 18.5 Å². The molecule has 0 bridgehead atoms. The van der Waals surface area contributed by atoms with E-state index in [0.717, 1.165) is 31.1 Å². The highest BCUT2D eigenvalue weighted by molar-refractivity contribution is 5.95. The van der Waals surface area contributed by atoms with Gasteiger partial charge in [-0.15, -0.1) is 0 Å². The zero-order valence-corrected chi connectivity index (χ0v) is 15.6. The molecule has 1 unspecified atom stereocenters. The second kappa shape index (κ2) is 10.2. The van der Waals surface area contributed by atoms with Crippen LogP contribution in [0.1, 0.15) is 54.9 Å². The first-order chi connectivity index (χ1) is 12.1. The lowest BCUT2D eigenvalue weighted by atomic mass is 10.0. The van der Waals surface area contributed by atoms with Crippen molar-refractivity contribution in [3.63, 3.8) is 0 Å². The Bertz CT molecular complexity index is 574. The molecule has 1 heterocycles. The number of rotatable bonds is 8. The molecule has 138 valence electrons. The van der Waals surface area contributed by atoms with Gasteiger partial charge in [-0.05, 0) is 44.7 Å². The number of piperidine rings is 1. The van der Waals surface area contributed by atoms with Crippen LogP contribution >= 0.6 is 0 Å². The van der Waals surface area contributed by atoms with Gasteiger partial charge in [0, 0.05) is 31.5 Å². The molecule has 2 rings (SSSR count). The maximum atomic E-state index is 12.1. The van der Waals surface area contributed by atoms with E-state index in [4.69, 9.17) is 0 Å². The minimum absolute atomic E-state index is 0.00627. The lowest BCUT2D eigenvalue weighted by molar-refractivity contribution is -0.928. The zero-order valence-electron chi connectivity index (χ0n) is 15.6.